The monoisotopic (exact) mass is 303 g/mol. The number of carbonyl (C=O) groups excluding carboxylic acids is 1. The molecule has 1 saturated carbocycles. The molecular formula is C13H25N3O3S. The maximum Gasteiger partial charge on any atom is 0.226 e. The van der Waals surface area contributed by atoms with E-state index >= 15 is 0 Å². The number of hydrogen-bond donors (Lipinski definition) is 1. The Labute approximate surface area is 121 Å². The van der Waals surface area contributed by atoms with Crippen molar-refractivity contribution in [3.8, 4) is 0 Å². The van der Waals surface area contributed by atoms with Crippen LogP contribution in [-0.2, 0) is 14.8 Å². The van der Waals surface area contributed by atoms with Crippen LogP contribution in [0.25, 0.3) is 0 Å². The van der Waals surface area contributed by atoms with Crippen molar-refractivity contribution in [3.63, 3.8) is 0 Å². The van der Waals surface area contributed by atoms with Gasteiger partial charge in [-0.2, -0.15) is 4.31 Å². The first-order valence-electron chi connectivity index (χ1n) is 7.28. The van der Waals surface area contributed by atoms with Crippen LogP contribution in [-0.4, -0.2) is 62.0 Å². The van der Waals surface area contributed by atoms with Gasteiger partial charge < -0.3 is 10.6 Å². The molecule has 0 aromatic heterocycles. The van der Waals surface area contributed by atoms with Crippen molar-refractivity contribution >= 4 is 15.9 Å². The van der Waals surface area contributed by atoms with Gasteiger partial charge in [-0.1, -0.05) is 6.92 Å². The molecule has 0 aromatic rings. The number of carbonyl (C=O) groups is 1. The normalized spacial score (nSPS) is 33.1. The van der Waals surface area contributed by atoms with Gasteiger partial charge in [0, 0.05) is 38.1 Å². The van der Waals surface area contributed by atoms with Gasteiger partial charge in [0.05, 0.1) is 6.26 Å². The average Bonchev–Trinajstić information content (AvgIpc) is 2.40. The minimum atomic E-state index is -3.14. The molecule has 1 heterocycles. The van der Waals surface area contributed by atoms with E-state index in [0.717, 1.165) is 19.3 Å². The SMILES string of the molecule is CC1CCC(N)CC1C(=O)N1CCN(S(C)(=O)=O)CC1. The first kappa shape index (κ1) is 15.7. The first-order valence-corrected chi connectivity index (χ1v) is 9.13. The standard InChI is InChI=1S/C13H25N3O3S/c1-10-3-4-11(14)9-12(10)13(17)15-5-7-16(8-6-15)20(2,18)19/h10-12H,3-9,14H2,1-2H3. The third kappa shape index (κ3) is 3.51. The smallest absolute Gasteiger partial charge is 0.226 e. The lowest BCUT2D eigenvalue weighted by atomic mass is 9.77. The molecule has 0 spiro atoms. The summed E-state index contributed by atoms with van der Waals surface area (Å²) >= 11 is 0. The maximum atomic E-state index is 12.6. The van der Waals surface area contributed by atoms with Crippen LogP contribution < -0.4 is 5.73 Å². The van der Waals surface area contributed by atoms with E-state index in [0.29, 0.717) is 32.1 Å². The predicted octanol–water partition coefficient (Wildman–Crippen LogP) is -0.146. The summed E-state index contributed by atoms with van der Waals surface area (Å²) in [6.45, 7) is 3.89. The molecule has 3 unspecified atom stereocenters. The second-order valence-electron chi connectivity index (χ2n) is 6.14. The Morgan fingerprint density at radius 3 is 2.30 bits per heavy atom. The van der Waals surface area contributed by atoms with E-state index in [1.165, 1.54) is 10.6 Å². The highest BCUT2D eigenvalue weighted by molar-refractivity contribution is 7.88. The van der Waals surface area contributed by atoms with Gasteiger partial charge in [-0.3, -0.25) is 4.79 Å². The fourth-order valence-electron chi connectivity index (χ4n) is 3.17. The van der Waals surface area contributed by atoms with Gasteiger partial charge in [0.2, 0.25) is 15.9 Å². The molecule has 1 aliphatic heterocycles. The number of rotatable bonds is 2. The van der Waals surface area contributed by atoms with Crippen LogP contribution in [0.1, 0.15) is 26.2 Å². The van der Waals surface area contributed by atoms with E-state index in [1.807, 2.05) is 0 Å². The highest BCUT2D eigenvalue weighted by Crippen LogP contribution is 2.30. The van der Waals surface area contributed by atoms with E-state index in [2.05, 4.69) is 6.92 Å². The van der Waals surface area contributed by atoms with Gasteiger partial charge in [-0.05, 0) is 25.2 Å². The lowest BCUT2D eigenvalue weighted by molar-refractivity contribution is -0.139. The van der Waals surface area contributed by atoms with Crippen LogP contribution >= 0.6 is 0 Å². The number of hydrogen-bond acceptors (Lipinski definition) is 4. The van der Waals surface area contributed by atoms with Crippen molar-refractivity contribution in [2.24, 2.45) is 17.6 Å². The van der Waals surface area contributed by atoms with Crippen molar-refractivity contribution in [1.82, 2.24) is 9.21 Å². The molecule has 3 atom stereocenters. The van der Waals surface area contributed by atoms with Crippen LogP contribution in [0.2, 0.25) is 0 Å². The summed E-state index contributed by atoms with van der Waals surface area (Å²) in [5.41, 5.74) is 5.98. The molecule has 2 rings (SSSR count). The molecule has 1 aliphatic carbocycles. The lowest BCUT2D eigenvalue weighted by Crippen LogP contribution is -2.53. The summed E-state index contributed by atoms with van der Waals surface area (Å²) in [5, 5.41) is 0. The van der Waals surface area contributed by atoms with Gasteiger partial charge >= 0.3 is 0 Å². The number of piperazine rings is 1. The van der Waals surface area contributed by atoms with Crippen LogP contribution in [0.4, 0.5) is 0 Å². The quantitative estimate of drug-likeness (QED) is 0.769. The lowest BCUT2D eigenvalue weighted by Gasteiger charge is -2.39. The number of nitrogens with zero attached hydrogens (tertiary/aromatic N) is 2. The zero-order valence-corrected chi connectivity index (χ0v) is 13.1. The fourth-order valence-corrected chi connectivity index (χ4v) is 4.00. The molecule has 2 fully saturated rings. The molecule has 6 nitrogen and oxygen atoms in total. The molecule has 1 amide bonds. The highest BCUT2D eigenvalue weighted by atomic mass is 32.2. The third-order valence-electron chi connectivity index (χ3n) is 4.57. The molecule has 7 heteroatoms. The zero-order valence-electron chi connectivity index (χ0n) is 12.3. The van der Waals surface area contributed by atoms with Gasteiger partial charge in [0.25, 0.3) is 0 Å². The Hall–Kier alpha value is -0.660. The van der Waals surface area contributed by atoms with Gasteiger partial charge in [-0.25, -0.2) is 8.42 Å². The number of sulfonamides is 1. The molecule has 2 aliphatic rings. The van der Waals surface area contributed by atoms with E-state index in [4.69, 9.17) is 5.73 Å². The van der Waals surface area contributed by atoms with Gasteiger partial charge in [0.1, 0.15) is 0 Å². The fraction of sp³-hybridized carbons (Fsp3) is 0.923. The highest BCUT2D eigenvalue weighted by Gasteiger charge is 2.35. The molecule has 0 aromatic carbocycles. The summed E-state index contributed by atoms with van der Waals surface area (Å²) in [4.78, 5) is 14.4. The van der Waals surface area contributed by atoms with Crippen molar-refractivity contribution in [1.29, 1.82) is 0 Å². The maximum absolute atomic E-state index is 12.6. The third-order valence-corrected chi connectivity index (χ3v) is 5.88. The first-order chi connectivity index (χ1) is 9.29. The molecule has 116 valence electrons. The van der Waals surface area contributed by atoms with E-state index in [9.17, 15) is 13.2 Å². The minimum absolute atomic E-state index is 0.00327. The molecule has 2 N–H and O–H groups in total. The number of nitrogens with two attached hydrogens (primary N) is 1. The Kier molecular flexibility index (Phi) is 4.71. The van der Waals surface area contributed by atoms with Crippen molar-refractivity contribution < 1.29 is 13.2 Å². The van der Waals surface area contributed by atoms with Crippen LogP contribution in [0.5, 0.6) is 0 Å². The molecular weight excluding hydrogens is 278 g/mol. The van der Waals surface area contributed by atoms with E-state index in [-0.39, 0.29) is 17.9 Å². The zero-order chi connectivity index (χ0) is 14.9. The van der Waals surface area contributed by atoms with Crippen molar-refractivity contribution in [2.45, 2.75) is 32.2 Å². The van der Waals surface area contributed by atoms with Gasteiger partial charge in [-0.15, -0.1) is 0 Å². The minimum Gasteiger partial charge on any atom is -0.340 e. The van der Waals surface area contributed by atoms with Crippen LogP contribution in [0.3, 0.4) is 0 Å². The molecule has 0 radical (unpaired) electrons. The second kappa shape index (κ2) is 5.99. The molecule has 20 heavy (non-hydrogen) atoms. The number of amides is 1. The summed E-state index contributed by atoms with van der Waals surface area (Å²) in [6, 6.07) is 0.123. The molecule has 0 bridgehead atoms. The molecule has 1 saturated heterocycles. The van der Waals surface area contributed by atoms with Gasteiger partial charge in [0.15, 0.2) is 0 Å². The average molecular weight is 303 g/mol. The van der Waals surface area contributed by atoms with E-state index in [1.54, 1.807) is 4.90 Å². The summed E-state index contributed by atoms with van der Waals surface area (Å²) in [5.74, 6) is 0.527. The Balaban J connectivity index is 1.94. The van der Waals surface area contributed by atoms with Crippen molar-refractivity contribution in [2.75, 3.05) is 32.4 Å². The second-order valence-corrected chi connectivity index (χ2v) is 8.13. The Bertz CT molecular complexity index is 457. The summed E-state index contributed by atoms with van der Waals surface area (Å²) in [7, 11) is -3.14. The van der Waals surface area contributed by atoms with Crippen LogP contribution in [0, 0.1) is 11.8 Å². The van der Waals surface area contributed by atoms with E-state index < -0.39 is 10.0 Å². The summed E-state index contributed by atoms with van der Waals surface area (Å²) < 4.78 is 24.4. The van der Waals surface area contributed by atoms with Crippen LogP contribution in [0.15, 0.2) is 0 Å². The predicted molar refractivity (Wildman–Crippen MR) is 77.5 cm³/mol. The Morgan fingerprint density at radius 1 is 1.15 bits per heavy atom. The Morgan fingerprint density at radius 2 is 1.75 bits per heavy atom. The summed E-state index contributed by atoms with van der Waals surface area (Å²) in [6.07, 6.45) is 3.96. The van der Waals surface area contributed by atoms with Crippen molar-refractivity contribution in [3.05, 3.63) is 0 Å². The topological polar surface area (TPSA) is 83.7 Å². The largest absolute Gasteiger partial charge is 0.340 e.